The van der Waals surface area contributed by atoms with Crippen LogP contribution in [-0.2, 0) is 0 Å². The topological polar surface area (TPSA) is 35.5 Å². The molecular weight excluding hydrogens is 216 g/mol. The van der Waals surface area contributed by atoms with Gasteiger partial charge in [-0.2, -0.15) is 0 Å². The molecule has 0 fully saturated rings. The van der Waals surface area contributed by atoms with Crippen LogP contribution >= 0.6 is 0 Å². The fourth-order valence-corrected chi connectivity index (χ4v) is 1.76. The quantitative estimate of drug-likeness (QED) is 0.591. The van der Waals surface area contributed by atoms with Crippen molar-refractivity contribution in [2.45, 2.75) is 13.8 Å². The monoisotopic (exact) mass is 232 g/mol. The second-order valence-electron chi connectivity index (χ2n) is 4.32. The molecular formula is C14H16O3. The van der Waals surface area contributed by atoms with E-state index in [0.717, 1.165) is 0 Å². The number of hydrogen-bond donors (Lipinski definition) is 0. The lowest BCUT2D eigenvalue weighted by Crippen LogP contribution is -2.17. The Morgan fingerprint density at radius 1 is 1.35 bits per heavy atom. The van der Waals surface area contributed by atoms with Gasteiger partial charge in [0.2, 0.25) is 6.79 Å². The molecule has 2 rings (SSSR count). The van der Waals surface area contributed by atoms with Crippen molar-refractivity contribution in [2.75, 3.05) is 6.79 Å². The van der Waals surface area contributed by atoms with Crippen molar-refractivity contribution < 1.29 is 14.3 Å². The molecule has 1 aliphatic heterocycles. The molecule has 1 heterocycles. The van der Waals surface area contributed by atoms with E-state index in [1.807, 2.05) is 13.8 Å². The second kappa shape index (κ2) is 4.62. The predicted octanol–water partition coefficient (Wildman–Crippen LogP) is 3.06. The van der Waals surface area contributed by atoms with Crippen LogP contribution in [0, 0.1) is 11.8 Å². The van der Waals surface area contributed by atoms with E-state index in [1.165, 1.54) is 0 Å². The summed E-state index contributed by atoms with van der Waals surface area (Å²) in [5, 5.41) is 0. The second-order valence-corrected chi connectivity index (χ2v) is 4.32. The summed E-state index contributed by atoms with van der Waals surface area (Å²) < 4.78 is 10.5. The smallest absolute Gasteiger partial charge is 0.231 e. The first-order valence-corrected chi connectivity index (χ1v) is 5.70. The molecule has 90 valence electrons. The average Bonchev–Trinajstić information content (AvgIpc) is 2.83. The van der Waals surface area contributed by atoms with Gasteiger partial charge in [0, 0.05) is 11.5 Å². The third-order valence-corrected chi connectivity index (χ3v) is 3.23. The van der Waals surface area contributed by atoms with Crippen LogP contribution in [0.5, 0.6) is 11.5 Å². The number of ether oxygens (including phenoxy) is 2. The van der Waals surface area contributed by atoms with Gasteiger partial charge in [-0.05, 0) is 24.1 Å². The van der Waals surface area contributed by atoms with Crippen LogP contribution in [0.1, 0.15) is 24.2 Å². The molecule has 0 N–H and O–H groups in total. The minimum atomic E-state index is -0.0760. The van der Waals surface area contributed by atoms with Gasteiger partial charge < -0.3 is 9.47 Å². The molecule has 0 spiro atoms. The molecule has 0 aliphatic carbocycles. The highest BCUT2D eigenvalue weighted by Gasteiger charge is 2.22. The highest BCUT2D eigenvalue weighted by molar-refractivity contribution is 5.98. The van der Waals surface area contributed by atoms with Gasteiger partial charge >= 0.3 is 0 Å². The Balaban J connectivity index is 2.23. The van der Waals surface area contributed by atoms with Crippen LogP contribution in [-0.4, -0.2) is 12.6 Å². The number of hydrogen-bond acceptors (Lipinski definition) is 3. The molecule has 1 aromatic rings. The zero-order valence-corrected chi connectivity index (χ0v) is 10.1. The summed E-state index contributed by atoms with van der Waals surface area (Å²) in [4.78, 5) is 12.2. The summed E-state index contributed by atoms with van der Waals surface area (Å²) in [6.45, 7) is 7.85. The maximum atomic E-state index is 12.2. The fourth-order valence-electron chi connectivity index (χ4n) is 1.76. The van der Waals surface area contributed by atoms with Crippen LogP contribution in [0.3, 0.4) is 0 Å². The Labute approximate surface area is 101 Å². The first-order chi connectivity index (χ1) is 8.13. The maximum Gasteiger partial charge on any atom is 0.231 e. The molecule has 1 aromatic carbocycles. The molecule has 0 unspecified atom stereocenters. The largest absolute Gasteiger partial charge is 0.454 e. The van der Waals surface area contributed by atoms with Crippen molar-refractivity contribution >= 4 is 5.78 Å². The van der Waals surface area contributed by atoms with Gasteiger partial charge in [0.1, 0.15) is 0 Å². The zero-order valence-electron chi connectivity index (χ0n) is 10.1. The summed E-state index contributed by atoms with van der Waals surface area (Å²) in [5.74, 6) is 1.54. The summed E-state index contributed by atoms with van der Waals surface area (Å²) in [6.07, 6.45) is 1.80. The van der Waals surface area contributed by atoms with E-state index in [-0.39, 0.29) is 24.4 Å². The number of Topliss-reactive ketones (excluding diaryl/α,β-unsaturated/α-hetero) is 1. The van der Waals surface area contributed by atoms with Gasteiger partial charge in [-0.25, -0.2) is 0 Å². The number of fused-ring (bicyclic) bond motifs is 1. The predicted molar refractivity (Wildman–Crippen MR) is 65.4 cm³/mol. The Hall–Kier alpha value is -1.77. The Kier molecular flexibility index (Phi) is 3.18. The van der Waals surface area contributed by atoms with Gasteiger partial charge in [-0.15, -0.1) is 6.58 Å². The molecule has 3 heteroatoms. The summed E-state index contributed by atoms with van der Waals surface area (Å²) in [5.41, 5.74) is 0.662. The maximum absolute atomic E-state index is 12.2. The molecule has 0 aromatic heterocycles. The third-order valence-electron chi connectivity index (χ3n) is 3.23. The Morgan fingerprint density at radius 3 is 2.76 bits per heavy atom. The first kappa shape index (κ1) is 11.7. The van der Waals surface area contributed by atoms with Gasteiger partial charge in [-0.1, -0.05) is 19.9 Å². The van der Waals surface area contributed by atoms with Crippen LogP contribution in [0.15, 0.2) is 30.9 Å². The number of carbonyl (C=O) groups excluding carboxylic acids is 1. The molecule has 3 nitrogen and oxygen atoms in total. The summed E-state index contributed by atoms with van der Waals surface area (Å²) >= 11 is 0. The fraction of sp³-hybridized carbons (Fsp3) is 0.357. The number of allylic oxidation sites excluding steroid dienone is 1. The van der Waals surface area contributed by atoms with E-state index in [9.17, 15) is 4.79 Å². The molecule has 0 saturated carbocycles. The van der Waals surface area contributed by atoms with E-state index in [4.69, 9.17) is 9.47 Å². The van der Waals surface area contributed by atoms with Crippen molar-refractivity contribution in [3.8, 4) is 11.5 Å². The minimum Gasteiger partial charge on any atom is -0.454 e. The molecule has 2 atom stereocenters. The van der Waals surface area contributed by atoms with Crippen molar-refractivity contribution in [1.29, 1.82) is 0 Å². The SMILES string of the molecule is C=C[C@@H](C)[C@H](C)C(=O)c1ccc2c(c1)OCO2. The highest BCUT2D eigenvalue weighted by Crippen LogP contribution is 2.33. The van der Waals surface area contributed by atoms with E-state index in [0.29, 0.717) is 17.1 Å². The minimum absolute atomic E-state index is 0.0760. The van der Waals surface area contributed by atoms with Crippen molar-refractivity contribution in [3.63, 3.8) is 0 Å². The highest BCUT2D eigenvalue weighted by atomic mass is 16.7. The third kappa shape index (κ3) is 2.18. The molecule has 17 heavy (non-hydrogen) atoms. The van der Waals surface area contributed by atoms with Gasteiger partial charge in [0.05, 0.1) is 0 Å². The van der Waals surface area contributed by atoms with Crippen LogP contribution in [0.4, 0.5) is 0 Å². The van der Waals surface area contributed by atoms with E-state index >= 15 is 0 Å². The van der Waals surface area contributed by atoms with Gasteiger partial charge in [-0.3, -0.25) is 4.79 Å². The van der Waals surface area contributed by atoms with Crippen LogP contribution in [0.25, 0.3) is 0 Å². The zero-order chi connectivity index (χ0) is 12.4. The lowest BCUT2D eigenvalue weighted by Gasteiger charge is -2.15. The van der Waals surface area contributed by atoms with Gasteiger partial charge in [0.15, 0.2) is 17.3 Å². The number of benzene rings is 1. The van der Waals surface area contributed by atoms with Gasteiger partial charge in [0.25, 0.3) is 0 Å². The van der Waals surface area contributed by atoms with Crippen molar-refractivity contribution in [2.24, 2.45) is 11.8 Å². The molecule has 0 radical (unpaired) electrons. The standard InChI is InChI=1S/C14H16O3/c1-4-9(2)10(3)14(15)11-5-6-12-13(7-11)17-8-16-12/h4-7,9-10H,1,8H2,2-3H3/t9-,10+/m1/s1. The normalized spacial score (nSPS) is 16.4. The molecule has 1 aliphatic rings. The lowest BCUT2D eigenvalue weighted by molar-refractivity contribution is 0.0907. The van der Waals surface area contributed by atoms with E-state index in [2.05, 4.69) is 6.58 Å². The Bertz CT molecular complexity index is 451. The van der Waals surface area contributed by atoms with Crippen molar-refractivity contribution in [1.82, 2.24) is 0 Å². The molecule has 0 saturated heterocycles. The first-order valence-electron chi connectivity index (χ1n) is 5.70. The van der Waals surface area contributed by atoms with Crippen molar-refractivity contribution in [3.05, 3.63) is 36.4 Å². The average molecular weight is 232 g/mol. The number of ketones is 1. The van der Waals surface area contributed by atoms with Crippen LogP contribution in [0.2, 0.25) is 0 Å². The summed E-state index contributed by atoms with van der Waals surface area (Å²) in [6, 6.07) is 5.31. The van der Waals surface area contributed by atoms with Crippen LogP contribution < -0.4 is 9.47 Å². The number of rotatable bonds is 4. The van der Waals surface area contributed by atoms with E-state index in [1.54, 1.807) is 24.3 Å². The lowest BCUT2D eigenvalue weighted by atomic mass is 9.88. The Morgan fingerprint density at radius 2 is 2.06 bits per heavy atom. The van der Waals surface area contributed by atoms with E-state index < -0.39 is 0 Å². The number of carbonyl (C=O) groups is 1. The summed E-state index contributed by atoms with van der Waals surface area (Å²) in [7, 11) is 0. The molecule has 0 amide bonds. The molecule has 0 bridgehead atoms.